The second kappa shape index (κ2) is 8.93. The van der Waals surface area contributed by atoms with E-state index >= 15 is 0 Å². The number of rotatable bonds is 5. The molecule has 1 fully saturated rings. The maximum atomic E-state index is 13.7. The van der Waals surface area contributed by atoms with E-state index in [1.165, 1.54) is 25.1 Å². The van der Waals surface area contributed by atoms with Crippen LogP contribution in [-0.2, 0) is 14.8 Å². The van der Waals surface area contributed by atoms with Gasteiger partial charge in [0.05, 0.1) is 6.04 Å². The third kappa shape index (κ3) is 5.13. The van der Waals surface area contributed by atoms with Crippen LogP contribution in [-0.4, -0.2) is 43.9 Å². The minimum Gasteiger partial charge on any atom is -0.337 e. The number of amides is 1. The molecular weight excluding hydrogens is 369 g/mol. The Bertz CT molecular complexity index is 700. The van der Waals surface area contributed by atoms with Gasteiger partial charge in [-0.05, 0) is 45.2 Å². The molecule has 1 amide bonds. The van der Waals surface area contributed by atoms with Crippen molar-refractivity contribution in [1.82, 2.24) is 9.62 Å². The Labute approximate surface area is 154 Å². The number of nitrogens with two attached hydrogens (primary N) is 1. The summed E-state index contributed by atoms with van der Waals surface area (Å²) in [5.74, 6) is -1.19. The fraction of sp³-hybridized carbons (Fsp3) is 0.562. The molecule has 1 aliphatic rings. The summed E-state index contributed by atoms with van der Waals surface area (Å²) in [7, 11) is -4.12. The molecule has 142 valence electrons. The lowest BCUT2D eigenvalue weighted by molar-refractivity contribution is -0.136. The minimum absolute atomic E-state index is 0. The number of halogens is 2. The summed E-state index contributed by atoms with van der Waals surface area (Å²) >= 11 is 0. The molecule has 9 heteroatoms. The van der Waals surface area contributed by atoms with Gasteiger partial charge in [0.2, 0.25) is 15.9 Å². The molecule has 0 bridgehead atoms. The van der Waals surface area contributed by atoms with Crippen LogP contribution in [0, 0.1) is 5.82 Å². The zero-order valence-corrected chi connectivity index (χ0v) is 15.9. The lowest BCUT2D eigenvalue weighted by Crippen LogP contribution is -2.56. The second-order valence-electron chi connectivity index (χ2n) is 6.23. The maximum Gasteiger partial charge on any atom is 0.244 e. The summed E-state index contributed by atoms with van der Waals surface area (Å²) in [4.78, 5) is 13.8. The molecule has 25 heavy (non-hydrogen) atoms. The molecule has 3 unspecified atom stereocenters. The number of likely N-dealkylation sites (tertiary alicyclic amines) is 1. The molecule has 0 spiro atoms. The Hall–Kier alpha value is -1.22. The number of carbonyl (C=O) groups is 1. The molecule has 0 saturated carbocycles. The predicted molar refractivity (Wildman–Crippen MR) is 96.4 cm³/mol. The highest BCUT2D eigenvalue weighted by Crippen LogP contribution is 2.21. The van der Waals surface area contributed by atoms with E-state index in [1.807, 2.05) is 6.92 Å². The van der Waals surface area contributed by atoms with Crippen LogP contribution in [0.4, 0.5) is 4.39 Å². The first kappa shape index (κ1) is 21.8. The lowest BCUT2D eigenvalue weighted by Gasteiger charge is -2.39. The molecule has 1 aliphatic heterocycles. The van der Waals surface area contributed by atoms with Crippen molar-refractivity contribution < 1.29 is 17.6 Å². The van der Waals surface area contributed by atoms with Gasteiger partial charge in [0, 0.05) is 18.6 Å². The van der Waals surface area contributed by atoms with Crippen molar-refractivity contribution in [3.63, 3.8) is 0 Å². The number of hydrogen-bond donors (Lipinski definition) is 2. The second-order valence-corrected chi connectivity index (χ2v) is 7.91. The summed E-state index contributed by atoms with van der Waals surface area (Å²) < 4.78 is 40.6. The Morgan fingerprint density at radius 1 is 1.32 bits per heavy atom. The first-order chi connectivity index (χ1) is 11.2. The number of benzene rings is 1. The zero-order chi connectivity index (χ0) is 17.9. The van der Waals surface area contributed by atoms with Crippen molar-refractivity contribution in [1.29, 1.82) is 0 Å². The minimum atomic E-state index is -4.12. The first-order valence-electron chi connectivity index (χ1n) is 8.07. The van der Waals surface area contributed by atoms with Gasteiger partial charge in [-0.1, -0.05) is 12.1 Å². The van der Waals surface area contributed by atoms with Gasteiger partial charge in [-0.15, -0.1) is 12.4 Å². The molecule has 1 aromatic carbocycles. The largest absolute Gasteiger partial charge is 0.337 e. The van der Waals surface area contributed by atoms with Crippen molar-refractivity contribution in [2.24, 2.45) is 5.73 Å². The topological polar surface area (TPSA) is 92.5 Å². The van der Waals surface area contributed by atoms with Crippen molar-refractivity contribution in [3.8, 4) is 0 Å². The van der Waals surface area contributed by atoms with Gasteiger partial charge in [0.25, 0.3) is 0 Å². The van der Waals surface area contributed by atoms with Gasteiger partial charge < -0.3 is 10.6 Å². The average Bonchev–Trinajstić information content (AvgIpc) is 2.53. The summed E-state index contributed by atoms with van der Waals surface area (Å²) in [6, 6.07) is 3.79. The normalized spacial score (nSPS) is 20.5. The maximum absolute atomic E-state index is 13.7. The van der Waals surface area contributed by atoms with E-state index in [9.17, 15) is 17.6 Å². The molecule has 0 aromatic heterocycles. The molecule has 0 aliphatic carbocycles. The molecular formula is C16H25ClFN3O3S. The SMILES string of the molecule is CC(NS(=O)(=O)c1ccccc1F)C(=O)N1CCCCC1C(C)N.Cl. The van der Waals surface area contributed by atoms with Gasteiger partial charge in [-0.25, -0.2) is 12.8 Å². The van der Waals surface area contributed by atoms with Crippen molar-refractivity contribution in [3.05, 3.63) is 30.1 Å². The number of piperidine rings is 1. The molecule has 2 rings (SSSR count). The number of carbonyl (C=O) groups excluding carboxylic acids is 1. The Kier molecular flexibility index (Phi) is 7.80. The molecule has 6 nitrogen and oxygen atoms in total. The predicted octanol–water partition coefficient (Wildman–Crippen LogP) is 1.64. The standard InChI is InChI=1S/C16H24FN3O3S.ClH/c1-11(18)14-8-5-6-10-20(14)16(21)12(2)19-24(22,23)15-9-4-3-7-13(15)17;/h3-4,7,9,11-12,14,19H,5-6,8,10,18H2,1-2H3;1H. The lowest BCUT2D eigenvalue weighted by atomic mass is 9.96. The van der Waals surface area contributed by atoms with E-state index in [0.29, 0.717) is 6.54 Å². The van der Waals surface area contributed by atoms with Gasteiger partial charge in [0.1, 0.15) is 10.7 Å². The smallest absolute Gasteiger partial charge is 0.244 e. The van der Waals surface area contributed by atoms with Gasteiger partial charge >= 0.3 is 0 Å². The number of hydrogen-bond acceptors (Lipinski definition) is 4. The van der Waals surface area contributed by atoms with Crippen LogP contribution in [0.1, 0.15) is 33.1 Å². The number of nitrogens with zero attached hydrogens (tertiary/aromatic N) is 1. The molecule has 3 N–H and O–H groups in total. The van der Waals surface area contributed by atoms with Gasteiger partial charge in [-0.2, -0.15) is 4.72 Å². The van der Waals surface area contributed by atoms with E-state index in [4.69, 9.17) is 5.73 Å². The molecule has 1 saturated heterocycles. The van der Waals surface area contributed by atoms with E-state index in [2.05, 4.69) is 4.72 Å². The summed E-state index contributed by atoms with van der Waals surface area (Å²) in [5, 5.41) is 0. The fourth-order valence-electron chi connectivity index (χ4n) is 3.04. The average molecular weight is 394 g/mol. The van der Waals surface area contributed by atoms with E-state index in [0.717, 1.165) is 25.3 Å². The highest BCUT2D eigenvalue weighted by Gasteiger charge is 2.33. The third-order valence-corrected chi connectivity index (χ3v) is 5.84. The highest BCUT2D eigenvalue weighted by molar-refractivity contribution is 7.89. The Balaban J connectivity index is 0.00000312. The van der Waals surface area contributed by atoms with Crippen LogP contribution in [0.25, 0.3) is 0 Å². The van der Waals surface area contributed by atoms with Crippen LogP contribution >= 0.6 is 12.4 Å². The van der Waals surface area contributed by atoms with Crippen LogP contribution in [0.15, 0.2) is 29.2 Å². The fourth-order valence-corrected chi connectivity index (χ4v) is 4.31. The zero-order valence-electron chi connectivity index (χ0n) is 14.3. The van der Waals surface area contributed by atoms with Crippen LogP contribution in [0.3, 0.4) is 0 Å². The van der Waals surface area contributed by atoms with E-state index < -0.39 is 26.8 Å². The van der Waals surface area contributed by atoms with E-state index in [1.54, 1.807) is 4.90 Å². The van der Waals surface area contributed by atoms with Crippen molar-refractivity contribution in [2.75, 3.05) is 6.54 Å². The van der Waals surface area contributed by atoms with Crippen LogP contribution < -0.4 is 10.5 Å². The molecule has 1 heterocycles. The van der Waals surface area contributed by atoms with Crippen molar-refractivity contribution >= 4 is 28.3 Å². The number of nitrogens with one attached hydrogen (secondary N) is 1. The Morgan fingerprint density at radius 3 is 2.56 bits per heavy atom. The van der Waals surface area contributed by atoms with E-state index in [-0.39, 0.29) is 30.4 Å². The monoisotopic (exact) mass is 393 g/mol. The third-order valence-electron chi connectivity index (χ3n) is 4.27. The van der Waals surface area contributed by atoms with Crippen molar-refractivity contribution in [2.45, 2.75) is 56.1 Å². The molecule has 1 aromatic rings. The molecule has 3 atom stereocenters. The summed E-state index contributed by atoms with van der Waals surface area (Å²) in [6.07, 6.45) is 2.66. The molecule has 0 radical (unpaired) electrons. The van der Waals surface area contributed by atoms with Crippen LogP contribution in [0.2, 0.25) is 0 Å². The van der Waals surface area contributed by atoms with Crippen LogP contribution in [0.5, 0.6) is 0 Å². The van der Waals surface area contributed by atoms with Gasteiger partial charge in [-0.3, -0.25) is 4.79 Å². The summed E-state index contributed by atoms with van der Waals surface area (Å²) in [6.45, 7) is 3.86. The van der Waals surface area contributed by atoms with Gasteiger partial charge in [0.15, 0.2) is 0 Å². The number of sulfonamides is 1. The highest BCUT2D eigenvalue weighted by atomic mass is 35.5. The Morgan fingerprint density at radius 2 is 1.96 bits per heavy atom. The first-order valence-corrected chi connectivity index (χ1v) is 9.55. The summed E-state index contributed by atoms with van der Waals surface area (Å²) in [5.41, 5.74) is 5.95. The quantitative estimate of drug-likeness (QED) is 0.795.